The molecular weight excluding hydrogens is 326 g/mol. The average molecular weight is 343 g/mol. The van der Waals surface area contributed by atoms with Crippen molar-refractivity contribution in [1.29, 1.82) is 0 Å². The van der Waals surface area contributed by atoms with Gasteiger partial charge in [-0.15, -0.1) is 13.1 Å². The molecule has 1 rings (SSSR count). The van der Waals surface area contributed by atoms with Crippen molar-refractivity contribution in [3.63, 3.8) is 0 Å². The van der Waals surface area contributed by atoms with E-state index in [0.29, 0.717) is 6.04 Å². The molecule has 1 aliphatic heterocycles. The number of amides is 1. The first-order chi connectivity index (χ1) is 5.29. The maximum atomic E-state index is 10.4. The molecule has 0 aromatic carbocycles. The van der Waals surface area contributed by atoms with Crippen LogP contribution in [0, 0.1) is 0 Å². The fraction of sp³-hybridized carbons (Fsp3) is 0.875. The van der Waals surface area contributed by atoms with Crippen molar-refractivity contribution in [2.75, 3.05) is 13.1 Å². The van der Waals surface area contributed by atoms with Gasteiger partial charge in [0.2, 0.25) is 5.91 Å². The van der Waals surface area contributed by atoms with Crippen LogP contribution in [0.2, 0.25) is 0 Å². The third-order valence-corrected chi connectivity index (χ3v) is 1.39. The van der Waals surface area contributed by atoms with Gasteiger partial charge in [-0.1, -0.05) is 20.3 Å². The van der Waals surface area contributed by atoms with E-state index < -0.39 is 0 Å². The molecule has 0 bridgehead atoms. The second kappa shape index (κ2) is 9.18. The summed E-state index contributed by atoms with van der Waals surface area (Å²) in [6, 6.07) is 0.322. The summed E-state index contributed by atoms with van der Waals surface area (Å²) in [6.45, 7) is 7.25. The Morgan fingerprint density at radius 3 is 2.42 bits per heavy atom. The van der Waals surface area contributed by atoms with Crippen LogP contribution in [0.15, 0.2) is 0 Å². The van der Waals surface area contributed by atoms with E-state index in [-0.39, 0.29) is 26.3 Å². The van der Waals surface area contributed by atoms with Crippen LogP contribution in [0.4, 0.5) is 0 Å². The molecule has 0 aromatic rings. The standard InChI is InChI=1S/C6H11N2O.C2H6.Re/c1-5(9)8-6-2-3-7-4-6;1-2;/h6H,2-4H2,1H3,(H,8,9);1-2H3;/q-1;;. The Labute approximate surface area is 88.3 Å². The van der Waals surface area contributed by atoms with Gasteiger partial charge in [0.05, 0.1) is 0 Å². The van der Waals surface area contributed by atoms with Crippen molar-refractivity contribution < 1.29 is 25.2 Å². The predicted molar refractivity (Wildman–Crippen MR) is 46.7 cm³/mol. The van der Waals surface area contributed by atoms with E-state index in [2.05, 4.69) is 10.6 Å². The van der Waals surface area contributed by atoms with Crippen LogP contribution in [0.25, 0.3) is 5.32 Å². The molecule has 73 valence electrons. The van der Waals surface area contributed by atoms with Crippen LogP contribution in [0.5, 0.6) is 0 Å². The zero-order valence-corrected chi connectivity index (χ0v) is 10.6. The SMILES string of the molecule is CC.CC(=O)NC1CC[N-]C1.[Re]. The van der Waals surface area contributed by atoms with E-state index in [1.165, 1.54) is 0 Å². The third kappa shape index (κ3) is 6.78. The van der Waals surface area contributed by atoms with Gasteiger partial charge in [-0.05, 0) is 0 Å². The topological polar surface area (TPSA) is 43.2 Å². The number of nitrogens with one attached hydrogen (secondary N) is 1. The first-order valence-corrected chi connectivity index (χ1v) is 4.19. The average Bonchev–Trinajstić information content (AvgIpc) is 2.43. The Balaban J connectivity index is 0. The zero-order valence-electron chi connectivity index (χ0n) is 7.93. The predicted octanol–water partition coefficient (Wildman–Crippen LogP) is 1.29. The smallest absolute Gasteiger partial charge is 0.217 e. The number of nitrogens with zero attached hydrogens (tertiary/aromatic N) is 1. The molecule has 1 amide bonds. The molecule has 3 nitrogen and oxygen atoms in total. The van der Waals surface area contributed by atoms with E-state index in [0.717, 1.165) is 19.5 Å². The van der Waals surface area contributed by atoms with Crippen molar-refractivity contribution in [2.45, 2.75) is 33.2 Å². The molecule has 1 aliphatic rings. The molecule has 0 aliphatic carbocycles. The summed E-state index contributed by atoms with van der Waals surface area (Å²) in [6.07, 6.45) is 1.01. The molecule has 1 N–H and O–H groups in total. The van der Waals surface area contributed by atoms with E-state index in [9.17, 15) is 4.79 Å². The Morgan fingerprint density at radius 2 is 2.08 bits per heavy atom. The molecule has 1 saturated heterocycles. The minimum atomic E-state index is 0. The van der Waals surface area contributed by atoms with Crippen molar-refractivity contribution in [3.05, 3.63) is 5.32 Å². The van der Waals surface area contributed by atoms with Crippen LogP contribution in [-0.2, 0) is 25.2 Å². The Kier molecular flexibility index (Phi) is 11.2. The molecule has 0 aromatic heterocycles. The summed E-state index contributed by atoms with van der Waals surface area (Å²) in [7, 11) is 0. The second-order valence-electron chi connectivity index (χ2n) is 2.32. The van der Waals surface area contributed by atoms with Crippen molar-refractivity contribution >= 4 is 5.91 Å². The summed E-state index contributed by atoms with van der Waals surface area (Å²) >= 11 is 0. The van der Waals surface area contributed by atoms with E-state index >= 15 is 0 Å². The number of carbonyl (C=O) groups excluding carboxylic acids is 1. The van der Waals surface area contributed by atoms with Crippen molar-refractivity contribution in [1.82, 2.24) is 5.32 Å². The largest absolute Gasteiger partial charge is 0.661 e. The molecular formula is C8H17N2ORe-. The normalized spacial score (nSPS) is 20.1. The fourth-order valence-corrected chi connectivity index (χ4v) is 0.991. The number of hydrogen-bond donors (Lipinski definition) is 1. The van der Waals surface area contributed by atoms with Gasteiger partial charge in [0.15, 0.2) is 0 Å². The van der Waals surface area contributed by atoms with Crippen LogP contribution in [0.3, 0.4) is 0 Å². The van der Waals surface area contributed by atoms with Crippen LogP contribution >= 0.6 is 0 Å². The molecule has 1 unspecified atom stereocenters. The van der Waals surface area contributed by atoms with Crippen molar-refractivity contribution in [3.8, 4) is 0 Å². The monoisotopic (exact) mass is 344 g/mol. The summed E-state index contributed by atoms with van der Waals surface area (Å²) < 4.78 is 0. The van der Waals surface area contributed by atoms with Gasteiger partial charge >= 0.3 is 0 Å². The first kappa shape index (κ1) is 14.6. The van der Waals surface area contributed by atoms with E-state index in [4.69, 9.17) is 0 Å². The van der Waals surface area contributed by atoms with Gasteiger partial charge in [0, 0.05) is 33.4 Å². The summed E-state index contributed by atoms with van der Waals surface area (Å²) in [5.41, 5.74) is 0. The molecule has 1 atom stereocenters. The Hall–Kier alpha value is 0.0923. The molecule has 12 heavy (non-hydrogen) atoms. The molecule has 1 radical (unpaired) electrons. The minimum absolute atomic E-state index is 0. The third-order valence-electron chi connectivity index (χ3n) is 1.39. The Bertz CT molecular complexity index is 114. The van der Waals surface area contributed by atoms with Gasteiger partial charge in [-0.25, -0.2) is 0 Å². The van der Waals surface area contributed by atoms with Gasteiger partial charge in [0.1, 0.15) is 0 Å². The molecule has 1 heterocycles. The minimum Gasteiger partial charge on any atom is -0.661 e. The molecule has 1 fully saturated rings. The molecule has 0 saturated carbocycles. The molecule has 4 heteroatoms. The maximum absolute atomic E-state index is 10.4. The van der Waals surface area contributed by atoms with Crippen LogP contribution < -0.4 is 5.32 Å². The summed E-state index contributed by atoms with van der Waals surface area (Å²) in [5.74, 6) is 0.0529. The summed E-state index contributed by atoms with van der Waals surface area (Å²) in [4.78, 5) is 10.4. The Morgan fingerprint density at radius 1 is 1.50 bits per heavy atom. The molecule has 0 spiro atoms. The number of carbonyl (C=O) groups is 1. The van der Waals surface area contributed by atoms with Gasteiger partial charge in [0.25, 0.3) is 0 Å². The number of rotatable bonds is 1. The summed E-state index contributed by atoms with van der Waals surface area (Å²) in [5, 5.41) is 6.91. The maximum Gasteiger partial charge on any atom is 0.217 e. The first-order valence-electron chi connectivity index (χ1n) is 4.19. The fourth-order valence-electron chi connectivity index (χ4n) is 0.991. The van der Waals surface area contributed by atoms with Crippen molar-refractivity contribution in [2.24, 2.45) is 0 Å². The van der Waals surface area contributed by atoms with E-state index in [1.54, 1.807) is 6.92 Å². The van der Waals surface area contributed by atoms with Gasteiger partial charge in [-0.3, -0.25) is 4.79 Å². The van der Waals surface area contributed by atoms with Gasteiger partial charge < -0.3 is 10.6 Å². The van der Waals surface area contributed by atoms with Crippen LogP contribution in [-0.4, -0.2) is 25.0 Å². The van der Waals surface area contributed by atoms with Crippen LogP contribution in [0.1, 0.15) is 27.2 Å². The van der Waals surface area contributed by atoms with E-state index in [1.807, 2.05) is 13.8 Å². The number of hydrogen-bond acceptors (Lipinski definition) is 1. The zero-order chi connectivity index (χ0) is 8.69. The second-order valence-corrected chi connectivity index (χ2v) is 2.32. The van der Waals surface area contributed by atoms with Gasteiger partial charge in [-0.2, -0.15) is 0 Å². The quantitative estimate of drug-likeness (QED) is 0.766.